The van der Waals surface area contributed by atoms with Crippen LogP contribution in [0.5, 0.6) is 0 Å². The summed E-state index contributed by atoms with van der Waals surface area (Å²) in [5.41, 5.74) is 0. The largest absolute Gasteiger partial charge is 0.379 e. The van der Waals surface area contributed by atoms with Crippen molar-refractivity contribution in [1.29, 1.82) is 0 Å². The van der Waals surface area contributed by atoms with E-state index in [1.807, 2.05) is 6.92 Å². The smallest absolute Gasteiger partial charge is 0.169 e. The molecule has 2 aliphatic rings. The maximum Gasteiger partial charge on any atom is 0.169 e. The number of hydrogen-bond donors (Lipinski definition) is 0. The zero-order valence-electron chi connectivity index (χ0n) is 8.96. The molecular weight excluding hydrogens is 180 g/mol. The number of hydrogen-bond acceptors (Lipinski definition) is 3. The van der Waals surface area contributed by atoms with E-state index in [9.17, 15) is 0 Å². The quantitative estimate of drug-likeness (QED) is 0.698. The van der Waals surface area contributed by atoms with Gasteiger partial charge >= 0.3 is 0 Å². The molecule has 2 rings (SSSR count). The molecule has 1 aliphatic carbocycles. The lowest BCUT2D eigenvalue weighted by atomic mass is 9.94. The standard InChI is InChI=1S/C11H20O3/c1-2-12-8-10-9-13-11(14-10)6-4-3-5-7-11/h10H,2-9H2,1H3/t10-/m0/s1. The van der Waals surface area contributed by atoms with Crippen molar-refractivity contribution in [2.75, 3.05) is 19.8 Å². The highest BCUT2D eigenvalue weighted by Crippen LogP contribution is 2.37. The molecule has 3 heteroatoms. The van der Waals surface area contributed by atoms with Crippen molar-refractivity contribution in [3.8, 4) is 0 Å². The molecule has 0 N–H and O–H groups in total. The summed E-state index contributed by atoms with van der Waals surface area (Å²) in [6.45, 7) is 4.15. The lowest BCUT2D eigenvalue weighted by molar-refractivity contribution is -0.191. The lowest BCUT2D eigenvalue weighted by Gasteiger charge is -2.31. The Bertz CT molecular complexity index is 175. The van der Waals surface area contributed by atoms with E-state index in [4.69, 9.17) is 14.2 Å². The minimum absolute atomic E-state index is 0.160. The monoisotopic (exact) mass is 200 g/mol. The molecule has 1 heterocycles. The van der Waals surface area contributed by atoms with Crippen molar-refractivity contribution in [3.63, 3.8) is 0 Å². The van der Waals surface area contributed by atoms with E-state index in [0.29, 0.717) is 13.2 Å². The number of ether oxygens (including phenoxy) is 3. The fraction of sp³-hybridized carbons (Fsp3) is 1.00. The van der Waals surface area contributed by atoms with Crippen LogP contribution in [-0.4, -0.2) is 31.7 Å². The van der Waals surface area contributed by atoms with Gasteiger partial charge in [0.15, 0.2) is 5.79 Å². The molecule has 1 saturated heterocycles. The van der Waals surface area contributed by atoms with E-state index in [-0.39, 0.29) is 11.9 Å². The molecule has 0 unspecified atom stereocenters. The van der Waals surface area contributed by atoms with Gasteiger partial charge in [-0.3, -0.25) is 0 Å². The third-order valence-corrected chi connectivity index (χ3v) is 3.04. The van der Waals surface area contributed by atoms with Crippen LogP contribution in [0.25, 0.3) is 0 Å². The second-order valence-corrected chi connectivity index (χ2v) is 4.18. The Morgan fingerprint density at radius 1 is 1.29 bits per heavy atom. The van der Waals surface area contributed by atoms with Crippen LogP contribution in [0.15, 0.2) is 0 Å². The molecule has 0 aromatic carbocycles. The van der Waals surface area contributed by atoms with Gasteiger partial charge in [0.2, 0.25) is 0 Å². The SMILES string of the molecule is CCOC[C@H]1COC2(CCCCC2)O1. The summed E-state index contributed by atoms with van der Waals surface area (Å²) in [4.78, 5) is 0. The molecular formula is C11H20O3. The molecule has 1 saturated carbocycles. The van der Waals surface area contributed by atoms with Gasteiger partial charge in [0, 0.05) is 19.4 Å². The first-order chi connectivity index (χ1) is 6.85. The van der Waals surface area contributed by atoms with Gasteiger partial charge in [-0.2, -0.15) is 0 Å². The predicted molar refractivity (Wildman–Crippen MR) is 53.1 cm³/mol. The van der Waals surface area contributed by atoms with Crippen molar-refractivity contribution in [2.45, 2.75) is 50.9 Å². The van der Waals surface area contributed by atoms with E-state index in [1.165, 1.54) is 19.3 Å². The van der Waals surface area contributed by atoms with Crippen LogP contribution in [0.3, 0.4) is 0 Å². The highest BCUT2D eigenvalue weighted by molar-refractivity contribution is 4.82. The molecule has 0 aromatic rings. The van der Waals surface area contributed by atoms with Gasteiger partial charge in [0.1, 0.15) is 6.10 Å². The van der Waals surface area contributed by atoms with Crippen LogP contribution in [0.4, 0.5) is 0 Å². The van der Waals surface area contributed by atoms with Crippen LogP contribution < -0.4 is 0 Å². The topological polar surface area (TPSA) is 27.7 Å². The summed E-state index contributed by atoms with van der Waals surface area (Å²) in [5, 5.41) is 0. The van der Waals surface area contributed by atoms with Crippen LogP contribution in [0, 0.1) is 0 Å². The summed E-state index contributed by atoms with van der Waals surface area (Å²) in [6.07, 6.45) is 6.09. The van der Waals surface area contributed by atoms with E-state index < -0.39 is 0 Å². The Morgan fingerprint density at radius 3 is 2.79 bits per heavy atom. The molecule has 2 fully saturated rings. The molecule has 1 atom stereocenters. The Morgan fingerprint density at radius 2 is 2.07 bits per heavy atom. The van der Waals surface area contributed by atoms with E-state index in [2.05, 4.69) is 0 Å². The second kappa shape index (κ2) is 4.60. The van der Waals surface area contributed by atoms with E-state index in [0.717, 1.165) is 19.4 Å². The first-order valence-electron chi connectivity index (χ1n) is 5.74. The van der Waals surface area contributed by atoms with Gasteiger partial charge in [0.25, 0.3) is 0 Å². The van der Waals surface area contributed by atoms with Crippen LogP contribution in [-0.2, 0) is 14.2 Å². The van der Waals surface area contributed by atoms with Crippen LogP contribution in [0.1, 0.15) is 39.0 Å². The molecule has 0 bridgehead atoms. The zero-order valence-corrected chi connectivity index (χ0v) is 8.96. The van der Waals surface area contributed by atoms with Gasteiger partial charge in [-0.15, -0.1) is 0 Å². The molecule has 0 radical (unpaired) electrons. The maximum absolute atomic E-state index is 5.94. The van der Waals surface area contributed by atoms with Crippen molar-refractivity contribution < 1.29 is 14.2 Å². The average molecular weight is 200 g/mol. The Hall–Kier alpha value is -0.120. The van der Waals surface area contributed by atoms with Gasteiger partial charge in [-0.25, -0.2) is 0 Å². The summed E-state index contributed by atoms with van der Waals surface area (Å²) in [5.74, 6) is -0.236. The summed E-state index contributed by atoms with van der Waals surface area (Å²) < 4.78 is 17.1. The third kappa shape index (κ3) is 2.27. The van der Waals surface area contributed by atoms with Gasteiger partial charge in [0.05, 0.1) is 13.2 Å². The van der Waals surface area contributed by atoms with Crippen molar-refractivity contribution in [2.24, 2.45) is 0 Å². The van der Waals surface area contributed by atoms with Crippen molar-refractivity contribution >= 4 is 0 Å². The van der Waals surface area contributed by atoms with E-state index in [1.54, 1.807) is 0 Å². The molecule has 3 nitrogen and oxygen atoms in total. The summed E-state index contributed by atoms with van der Waals surface area (Å²) in [6, 6.07) is 0. The van der Waals surface area contributed by atoms with E-state index >= 15 is 0 Å². The molecule has 0 aromatic heterocycles. The lowest BCUT2D eigenvalue weighted by Crippen LogP contribution is -2.33. The second-order valence-electron chi connectivity index (χ2n) is 4.18. The van der Waals surface area contributed by atoms with Gasteiger partial charge < -0.3 is 14.2 Å². The molecule has 14 heavy (non-hydrogen) atoms. The Kier molecular flexibility index (Phi) is 3.42. The fourth-order valence-electron chi connectivity index (χ4n) is 2.30. The molecule has 1 aliphatic heterocycles. The molecule has 1 spiro atoms. The fourth-order valence-corrected chi connectivity index (χ4v) is 2.30. The third-order valence-electron chi connectivity index (χ3n) is 3.04. The maximum atomic E-state index is 5.94. The average Bonchev–Trinajstić information content (AvgIpc) is 2.60. The van der Waals surface area contributed by atoms with Crippen molar-refractivity contribution in [3.05, 3.63) is 0 Å². The normalized spacial score (nSPS) is 31.1. The Labute approximate surface area is 85.7 Å². The summed E-state index contributed by atoms with van der Waals surface area (Å²) in [7, 11) is 0. The minimum atomic E-state index is -0.236. The van der Waals surface area contributed by atoms with Crippen molar-refractivity contribution in [1.82, 2.24) is 0 Å². The first kappa shape index (κ1) is 10.4. The minimum Gasteiger partial charge on any atom is -0.379 e. The number of rotatable bonds is 3. The van der Waals surface area contributed by atoms with Gasteiger partial charge in [-0.05, 0) is 19.8 Å². The zero-order chi connectivity index (χ0) is 9.86. The highest BCUT2D eigenvalue weighted by atomic mass is 16.7. The van der Waals surface area contributed by atoms with Crippen LogP contribution >= 0.6 is 0 Å². The summed E-state index contributed by atoms with van der Waals surface area (Å²) >= 11 is 0. The Balaban J connectivity index is 1.80. The predicted octanol–water partition coefficient (Wildman–Crippen LogP) is 2.10. The molecule has 82 valence electrons. The van der Waals surface area contributed by atoms with Crippen LogP contribution in [0.2, 0.25) is 0 Å². The molecule has 0 amide bonds. The first-order valence-corrected chi connectivity index (χ1v) is 5.74. The highest BCUT2D eigenvalue weighted by Gasteiger charge is 2.42. The van der Waals surface area contributed by atoms with Gasteiger partial charge in [-0.1, -0.05) is 6.42 Å².